The van der Waals surface area contributed by atoms with Crippen LogP contribution in [0.1, 0.15) is 91.8 Å². The zero-order chi connectivity index (χ0) is 29.7. The van der Waals surface area contributed by atoms with Gasteiger partial charge in [0.25, 0.3) is 0 Å². The maximum Gasteiger partial charge on any atom is 0.342 e. The minimum atomic E-state index is -0.751. The van der Waals surface area contributed by atoms with Crippen LogP contribution < -0.4 is 18.9 Å². The number of rotatable bonds is 4. The fourth-order valence-electron chi connectivity index (χ4n) is 5.15. The molecule has 4 rings (SSSR count). The SMILES string of the molecule is COc1cc([C@@H]2CC(=O)Oc3cc4c(c(O)c32)C(=O)O[C@H](C)CCCC(=O)CCCC=C4)cc(OC)c1OC(C)=O. The monoisotopic (exact) mass is 566 g/mol. The number of hydrogen-bond donors (Lipinski definition) is 1. The summed E-state index contributed by atoms with van der Waals surface area (Å²) in [6.45, 7) is 2.99. The average molecular weight is 567 g/mol. The van der Waals surface area contributed by atoms with Crippen LogP contribution in [0.15, 0.2) is 24.3 Å². The number of carbonyl (C=O) groups is 4. The molecule has 2 heterocycles. The first-order valence-electron chi connectivity index (χ1n) is 13.6. The minimum absolute atomic E-state index is 0.0432. The van der Waals surface area contributed by atoms with Crippen LogP contribution >= 0.6 is 0 Å². The zero-order valence-electron chi connectivity index (χ0n) is 23.6. The van der Waals surface area contributed by atoms with E-state index in [0.717, 1.165) is 0 Å². The summed E-state index contributed by atoms with van der Waals surface area (Å²) in [5.41, 5.74) is 1.03. The summed E-state index contributed by atoms with van der Waals surface area (Å²) < 4.78 is 27.4. The predicted molar refractivity (Wildman–Crippen MR) is 148 cm³/mol. The molecule has 0 aromatic heterocycles. The van der Waals surface area contributed by atoms with E-state index in [9.17, 15) is 24.3 Å². The largest absolute Gasteiger partial charge is 0.507 e. The van der Waals surface area contributed by atoms with E-state index in [1.807, 2.05) is 6.08 Å². The van der Waals surface area contributed by atoms with Crippen molar-refractivity contribution < 1.29 is 48.0 Å². The Morgan fingerprint density at radius 2 is 1.71 bits per heavy atom. The third kappa shape index (κ3) is 6.70. The summed E-state index contributed by atoms with van der Waals surface area (Å²) >= 11 is 0. The summed E-state index contributed by atoms with van der Waals surface area (Å²) in [6.07, 6.45) is 6.08. The van der Waals surface area contributed by atoms with Crippen molar-refractivity contribution in [2.45, 2.75) is 70.8 Å². The smallest absolute Gasteiger partial charge is 0.342 e. The molecule has 218 valence electrons. The molecule has 2 aliphatic rings. The van der Waals surface area contributed by atoms with Crippen LogP contribution in [0.5, 0.6) is 28.7 Å². The van der Waals surface area contributed by atoms with E-state index in [-0.39, 0.29) is 52.1 Å². The highest BCUT2D eigenvalue weighted by Crippen LogP contribution is 2.50. The van der Waals surface area contributed by atoms with Gasteiger partial charge in [0.15, 0.2) is 11.5 Å². The molecular weight excluding hydrogens is 532 g/mol. The number of methoxy groups -OCH3 is 2. The molecular formula is C31H34O10. The topological polar surface area (TPSA) is 135 Å². The lowest BCUT2D eigenvalue weighted by Gasteiger charge is -2.28. The summed E-state index contributed by atoms with van der Waals surface area (Å²) in [6, 6.07) is 4.71. The van der Waals surface area contributed by atoms with Crippen LogP contribution in [0.2, 0.25) is 0 Å². The number of allylic oxidation sites excluding steroid dienone is 1. The average Bonchev–Trinajstić information content (AvgIpc) is 2.91. The Kier molecular flexibility index (Phi) is 9.31. The molecule has 2 aromatic carbocycles. The van der Waals surface area contributed by atoms with Gasteiger partial charge in [-0.05, 0) is 61.9 Å². The van der Waals surface area contributed by atoms with Crippen LogP contribution in [0.25, 0.3) is 6.08 Å². The second-order valence-electron chi connectivity index (χ2n) is 10.1. The highest BCUT2D eigenvalue weighted by molar-refractivity contribution is 5.98. The number of benzene rings is 2. The Hall–Kier alpha value is -4.34. The fourth-order valence-corrected chi connectivity index (χ4v) is 5.15. The van der Waals surface area contributed by atoms with E-state index >= 15 is 0 Å². The number of cyclic esters (lactones) is 1. The van der Waals surface area contributed by atoms with Gasteiger partial charge in [0.1, 0.15) is 22.8 Å². The highest BCUT2D eigenvalue weighted by Gasteiger charge is 2.36. The van der Waals surface area contributed by atoms with E-state index in [4.69, 9.17) is 23.7 Å². The fraction of sp³-hybridized carbons (Fsp3) is 0.419. The second kappa shape index (κ2) is 12.9. The summed E-state index contributed by atoms with van der Waals surface area (Å²) in [7, 11) is 2.80. The number of Topliss-reactive ketones (excluding diaryl/α,β-unsaturated/α-hetero) is 1. The number of ether oxygens (including phenoxy) is 5. The van der Waals surface area contributed by atoms with Crippen molar-refractivity contribution in [3.8, 4) is 28.7 Å². The first-order valence-corrected chi connectivity index (χ1v) is 13.6. The van der Waals surface area contributed by atoms with Gasteiger partial charge in [0, 0.05) is 31.2 Å². The van der Waals surface area contributed by atoms with E-state index in [1.165, 1.54) is 27.2 Å². The Bertz CT molecular complexity index is 1360. The van der Waals surface area contributed by atoms with E-state index in [1.54, 1.807) is 25.1 Å². The molecule has 0 radical (unpaired) electrons. The molecule has 0 aliphatic carbocycles. The molecule has 2 aliphatic heterocycles. The van der Waals surface area contributed by atoms with Crippen molar-refractivity contribution in [2.75, 3.05) is 14.2 Å². The summed E-state index contributed by atoms with van der Waals surface area (Å²) in [5.74, 6) is -2.23. The Morgan fingerprint density at radius 3 is 2.37 bits per heavy atom. The maximum absolute atomic E-state index is 13.4. The molecule has 10 nitrogen and oxygen atoms in total. The van der Waals surface area contributed by atoms with Crippen LogP contribution in [0, 0.1) is 0 Å². The summed E-state index contributed by atoms with van der Waals surface area (Å²) in [4.78, 5) is 50.0. The van der Waals surface area contributed by atoms with Crippen molar-refractivity contribution in [2.24, 2.45) is 0 Å². The van der Waals surface area contributed by atoms with Crippen molar-refractivity contribution in [1.29, 1.82) is 0 Å². The molecule has 2 atom stereocenters. The Morgan fingerprint density at radius 1 is 1.02 bits per heavy atom. The number of ketones is 1. The van der Waals surface area contributed by atoms with Crippen molar-refractivity contribution in [3.05, 3.63) is 46.5 Å². The lowest BCUT2D eigenvalue weighted by atomic mass is 9.83. The van der Waals surface area contributed by atoms with E-state index in [2.05, 4.69) is 0 Å². The molecule has 41 heavy (non-hydrogen) atoms. The van der Waals surface area contributed by atoms with Gasteiger partial charge in [-0.25, -0.2) is 4.79 Å². The van der Waals surface area contributed by atoms with Gasteiger partial charge >= 0.3 is 17.9 Å². The predicted octanol–water partition coefficient (Wildman–Crippen LogP) is 5.26. The standard InChI is InChI=1S/C31H34O10/c1-17-9-8-12-21(33)11-7-5-6-10-19-13-23-28(29(35)27(19)31(36)39-17)22(16-26(34)41-23)20-14-24(37-3)30(40-18(2)32)25(15-20)38-4/h6,10,13-15,17,22,35H,5,7-9,11-12,16H2,1-4H3/t17-,22+/m1/s1. The lowest BCUT2D eigenvalue weighted by Crippen LogP contribution is -2.23. The van der Waals surface area contributed by atoms with Crippen molar-refractivity contribution >= 4 is 29.8 Å². The minimum Gasteiger partial charge on any atom is -0.507 e. The molecule has 0 saturated heterocycles. The van der Waals surface area contributed by atoms with Crippen LogP contribution in [-0.4, -0.2) is 49.1 Å². The Labute approximate surface area is 238 Å². The van der Waals surface area contributed by atoms with Gasteiger partial charge in [-0.1, -0.05) is 12.2 Å². The van der Waals surface area contributed by atoms with Crippen LogP contribution in [-0.2, 0) is 19.1 Å². The zero-order valence-corrected chi connectivity index (χ0v) is 23.6. The van der Waals surface area contributed by atoms with Gasteiger partial charge in [-0.2, -0.15) is 0 Å². The van der Waals surface area contributed by atoms with Gasteiger partial charge in [0.05, 0.1) is 26.7 Å². The Balaban J connectivity index is 1.86. The van der Waals surface area contributed by atoms with Crippen molar-refractivity contribution in [1.82, 2.24) is 0 Å². The quantitative estimate of drug-likeness (QED) is 0.386. The van der Waals surface area contributed by atoms with Gasteiger partial charge in [-0.3, -0.25) is 14.4 Å². The number of esters is 3. The number of phenolic OH excluding ortho intramolecular Hbond substituents is 1. The number of phenols is 1. The normalized spacial score (nSPS) is 19.7. The molecule has 0 unspecified atom stereocenters. The van der Waals surface area contributed by atoms with Crippen LogP contribution in [0.3, 0.4) is 0 Å². The van der Waals surface area contributed by atoms with Gasteiger partial charge in [-0.15, -0.1) is 0 Å². The molecule has 0 saturated carbocycles. The molecule has 0 spiro atoms. The number of fused-ring (bicyclic) bond motifs is 2. The maximum atomic E-state index is 13.4. The third-order valence-corrected chi connectivity index (χ3v) is 7.11. The molecule has 2 aromatic rings. The first kappa shape index (κ1) is 29.6. The van der Waals surface area contributed by atoms with Crippen molar-refractivity contribution in [3.63, 3.8) is 0 Å². The number of carbonyl (C=O) groups excluding carboxylic acids is 4. The number of aromatic hydroxyl groups is 1. The molecule has 0 bridgehead atoms. The van der Waals surface area contributed by atoms with Crippen LogP contribution in [0.4, 0.5) is 0 Å². The third-order valence-electron chi connectivity index (χ3n) is 7.11. The lowest BCUT2D eigenvalue weighted by molar-refractivity contribution is -0.135. The molecule has 0 amide bonds. The first-order chi connectivity index (χ1) is 19.6. The van der Waals surface area contributed by atoms with Gasteiger partial charge < -0.3 is 28.8 Å². The van der Waals surface area contributed by atoms with E-state index < -0.39 is 29.9 Å². The summed E-state index contributed by atoms with van der Waals surface area (Å²) in [5, 5.41) is 11.6. The van der Waals surface area contributed by atoms with E-state index in [0.29, 0.717) is 49.7 Å². The number of hydrogen-bond acceptors (Lipinski definition) is 10. The molecule has 1 N–H and O–H groups in total. The molecule has 10 heteroatoms. The van der Waals surface area contributed by atoms with Gasteiger partial charge in [0.2, 0.25) is 5.75 Å². The second-order valence-corrected chi connectivity index (χ2v) is 10.1. The highest BCUT2D eigenvalue weighted by atomic mass is 16.6. The molecule has 0 fully saturated rings.